The van der Waals surface area contributed by atoms with Crippen LogP contribution in [0, 0.1) is 0 Å². The van der Waals surface area contributed by atoms with Crippen LogP contribution in [-0.2, 0) is 20.2 Å². The minimum absolute atomic E-state index is 0. The van der Waals surface area contributed by atoms with Gasteiger partial charge < -0.3 is 9.11 Å². The van der Waals surface area contributed by atoms with Crippen LogP contribution in [0.2, 0.25) is 0 Å². The normalized spacial score (nSPS) is 11.8. The van der Waals surface area contributed by atoms with Crippen molar-refractivity contribution in [1.82, 2.24) is 0 Å². The fraction of sp³-hybridized carbons (Fsp3) is 0. The summed E-state index contributed by atoms with van der Waals surface area (Å²) in [6.45, 7) is 0. The van der Waals surface area contributed by atoms with Gasteiger partial charge in [0.25, 0.3) is 0 Å². The second-order valence-electron chi connectivity index (χ2n) is 6.32. The Labute approximate surface area is 232 Å². The number of hydrogen-bond acceptors (Lipinski definition) is 6. The van der Waals surface area contributed by atoms with E-state index in [1.54, 1.807) is 72.8 Å². The van der Waals surface area contributed by atoms with Gasteiger partial charge in [-0.1, -0.05) is 85.0 Å². The largest absolute Gasteiger partial charge is 1.00 e. The molecule has 0 aliphatic carbocycles. The van der Waals surface area contributed by atoms with Crippen molar-refractivity contribution in [3.63, 3.8) is 0 Å². The summed E-state index contributed by atoms with van der Waals surface area (Å²) in [6.07, 6.45) is 6.45. The summed E-state index contributed by atoms with van der Waals surface area (Å²) >= 11 is 0. The molecule has 0 aromatic heterocycles. The molecule has 0 aliphatic heterocycles. The predicted octanol–water partition coefficient (Wildman–Crippen LogP) is -2.16. The van der Waals surface area contributed by atoms with Gasteiger partial charge in [-0.25, -0.2) is 16.8 Å². The van der Waals surface area contributed by atoms with Crippen molar-refractivity contribution in [3.05, 3.63) is 95.1 Å². The van der Waals surface area contributed by atoms with Crippen LogP contribution < -0.4 is 59.1 Å². The van der Waals surface area contributed by atoms with Gasteiger partial charge in [0.1, 0.15) is 20.2 Å². The van der Waals surface area contributed by atoms with Crippen LogP contribution in [0.15, 0.2) is 82.6 Å². The molecule has 3 aromatic rings. The molecule has 6 nitrogen and oxygen atoms in total. The molecule has 0 saturated carbocycles. The summed E-state index contributed by atoms with van der Waals surface area (Å²) in [5.74, 6) is 0. The smallest absolute Gasteiger partial charge is 0.744 e. The third-order valence-corrected chi connectivity index (χ3v) is 6.04. The maximum atomic E-state index is 11.3. The van der Waals surface area contributed by atoms with Crippen molar-refractivity contribution in [2.24, 2.45) is 0 Å². The molecule has 0 spiro atoms. The van der Waals surface area contributed by atoms with E-state index in [0.29, 0.717) is 11.1 Å². The first kappa shape index (κ1) is 29.0. The van der Waals surface area contributed by atoms with Crippen molar-refractivity contribution in [1.29, 1.82) is 0 Å². The van der Waals surface area contributed by atoms with Gasteiger partial charge in [-0.15, -0.1) is 0 Å². The van der Waals surface area contributed by atoms with E-state index in [0.717, 1.165) is 11.1 Å². The fourth-order valence-electron chi connectivity index (χ4n) is 2.78. The zero-order valence-corrected chi connectivity index (χ0v) is 23.1. The van der Waals surface area contributed by atoms with E-state index in [9.17, 15) is 25.9 Å². The third-order valence-electron chi connectivity index (χ3n) is 4.22. The Balaban J connectivity index is 0.00000256. The van der Waals surface area contributed by atoms with Crippen LogP contribution in [0.4, 0.5) is 0 Å². The summed E-state index contributed by atoms with van der Waals surface area (Å²) in [5, 5.41) is 0. The van der Waals surface area contributed by atoms with Crippen molar-refractivity contribution < 1.29 is 85.1 Å². The van der Waals surface area contributed by atoms with Gasteiger partial charge in [-0.05, 0) is 34.4 Å². The molecule has 0 bridgehead atoms. The van der Waals surface area contributed by atoms with E-state index >= 15 is 0 Å². The minimum atomic E-state index is -4.57. The van der Waals surface area contributed by atoms with Gasteiger partial charge in [0, 0.05) is 0 Å². The maximum Gasteiger partial charge on any atom is 1.00 e. The average Bonchev–Trinajstić information content (AvgIpc) is 2.70. The maximum absolute atomic E-state index is 11.3. The third kappa shape index (κ3) is 8.07. The Kier molecular flexibility index (Phi) is 11.3. The molecule has 32 heavy (non-hydrogen) atoms. The Hall–Kier alpha value is -1.04. The number of hydrogen-bond donors (Lipinski definition) is 0. The van der Waals surface area contributed by atoms with Crippen molar-refractivity contribution in [2.45, 2.75) is 9.79 Å². The monoisotopic (exact) mass is 486 g/mol. The Morgan fingerprint density at radius 2 is 0.812 bits per heavy atom. The van der Waals surface area contributed by atoms with Crippen LogP contribution in [0.3, 0.4) is 0 Å². The van der Waals surface area contributed by atoms with Gasteiger partial charge in [-0.3, -0.25) is 0 Å². The van der Waals surface area contributed by atoms with E-state index < -0.39 is 20.2 Å². The SMILES string of the molecule is O=S(=O)([O-])c1ccccc1/C=C/c1ccc(/C=C/c2ccccc2S(=O)(=O)[O-])cc1.[Na+].[Na+]. The average molecular weight is 486 g/mol. The summed E-state index contributed by atoms with van der Waals surface area (Å²) in [5.41, 5.74) is 2.14. The summed E-state index contributed by atoms with van der Waals surface area (Å²) in [4.78, 5) is -0.569. The molecule has 0 fully saturated rings. The van der Waals surface area contributed by atoms with Crippen molar-refractivity contribution in [2.75, 3.05) is 0 Å². The summed E-state index contributed by atoms with van der Waals surface area (Å²) < 4.78 is 68.0. The molecule has 3 aromatic carbocycles. The van der Waals surface area contributed by atoms with Crippen LogP contribution in [0.25, 0.3) is 24.3 Å². The summed E-state index contributed by atoms with van der Waals surface area (Å²) in [7, 11) is -9.14. The minimum Gasteiger partial charge on any atom is -0.744 e. The van der Waals surface area contributed by atoms with Gasteiger partial charge in [0.15, 0.2) is 0 Å². The molecule has 3 rings (SSSR count). The first-order valence-electron chi connectivity index (χ1n) is 8.71. The standard InChI is InChI=1S/C22H18O6S2.2Na/c23-29(24,25)21-7-3-1-5-19(21)15-13-17-9-11-18(12-10-17)14-16-20-6-2-4-8-22(20)30(26,27)28;;/h1-16H,(H,23,24,25)(H,26,27,28);;/q;2*+1/p-2/b15-13+,16-14+;;. The molecule has 0 radical (unpaired) electrons. The van der Waals surface area contributed by atoms with E-state index in [-0.39, 0.29) is 68.9 Å². The van der Waals surface area contributed by atoms with E-state index in [4.69, 9.17) is 0 Å². The van der Waals surface area contributed by atoms with Crippen LogP contribution in [-0.4, -0.2) is 25.9 Å². The first-order valence-corrected chi connectivity index (χ1v) is 11.5. The van der Waals surface area contributed by atoms with Gasteiger partial charge in [-0.2, -0.15) is 0 Å². The van der Waals surface area contributed by atoms with E-state index in [1.165, 1.54) is 24.3 Å². The molecule has 0 atom stereocenters. The molecule has 0 aliphatic rings. The van der Waals surface area contributed by atoms with Crippen LogP contribution >= 0.6 is 0 Å². The van der Waals surface area contributed by atoms with E-state index in [1.807, 2.05) is 0 Å². The van der Waals surface area contributed by atoms with Gasteiger partial charge in [0.05, 0.1) is 9.79 Å². The number of benzene rings is 3. The van der Waals surface area contributed by atoms with Crippen molar-refractivity contribution in [3.8, 4) is 0 Å². The summed E-state index contributed by atoms with van der Waals surface area (Å²) in [6, 6.07) is 19.0. The van der Waals surface area contributed by atoms with Crippen LogP contribution in [0.1, 0.15) is 22.3 Å². The molecule has 0 N–H and O–H groups in total. The van der Waals surface area contributed by atoms with Gasteiger partial charge in [0.2, 0.25) is 0 Å². The second-order valence-corrected chi connectivity index (χ2v) is 9.01. The Bertz CT molecular complexity index is 1230. The first-order chi connectivity index (χ1) is 14.1. The Morgan fingerprint density at radius 1 is 0.500 bits per heavy atom. The van der Waals surface area contributed by atoms with E-state index in [2.05, 4.69) is 0 Å². The quantitative estimate of drug-likeness (QED) is 0.223. The molecule has 10 heteroatoms. The number of rotatable bonds is 6. The molecule has 0 saturated heterocycles. The molecular formula is C22H16Na2O6S2. The predicted molar refractivity (Wildman–Crippen MR) is 113 cm³/mol. The van der Waals surface area contributed by atoms with Gasteiger partial charge >= 0.3 is 59.1 Å². The van der Waals surface area contributed by atoms with Crippen molar-refractivity contribution >= 4 is 44.5 Å². The molecule has 0 heterocycles. The zero-order valence-electron chi connectivity index (χ0n) is 17.5. The fourth-order valence-corrected chi connectivity index (χ4v) is 4.12. The molecule has 0 unspecified atom stereocenters. The molecule has 0 amide bonds. The zero-order chi connectivity index (χ0) is 21.8. The van der Waals surface area contributed by atoms with Crippen LogP contribution in [0.5, 0.6) is 0 Å². The Morgan fingerprint density at radius 3 is 1.12 bits per heavy atom. The molecular weight excluding hydrogens is 470 g/mol. The second kappa shape index (κ2) is 12.4. The molecule has 154 valence electrons. The topological polar surface area (TPSA) is 114 Å².